The van der Waals surface area contributed by atoms with E-state index in [1.807, 2.05) is 86.0 Å². The first-order chi connectivity index (χ1) is 20.8. The molecule has 1 saturated heterocycles. The molecule has 0 spiro atoms. The van der Waals surface area contributed by atoms with E-state index in [4.69, 9.17) is 9.57 Å². The summed E-state index contributed by atoms with van der Waals surface area (Å²) in [5.41, 5.74) is 3.32. The van der Waals surface area contributed by atoms with Crippen molar-refractivity contribution in [1.82, 2.24) is 9.47 Å². The quantitative estimate of drug-likeness (QED) is 0.0910. The van der Waals surface area contributed by atoms with E-state index in [0.29, 0.717) is 29.2 Å². The molecular weight excluding hydrogens is 562 g/mol. The first-order valence-corrected chi connectivity index (χ1v) is 15.0. The Morgan fingerprint density at radius 3 is 2.26 bits per heavy atom. The van der Waals surface area contributed by atoms with Gasteiger partial charge in [-0.2, -0.15) is 0 Å². The summed E-state index contributed by atoms with van der Waals surface area (Å²) in [5, 5.41) is 7.61. The van der Waals surface area contributed by atoms with E-state index in [-0.39, 0.29) is 17.3 Å². The Bertz CT molecular complexity index is 1860. The molecule has 5 aromatic rings. The number of nitrogens with zero attached hydrogens (tertiary/aromatic N) is 3. The molecule has 2 aromatic heterocycles. The molecule has 1 aliphatic heterocycles. The molecule has 0 bridgehead atoms. The van der Waals surface area contributed by atoms with Crippen LogP contribution in [0.15, 0.2) is 89.4 Å². The largest absolute Gasteiger partial charge is 0.379 e. The Balaban J connectivity index is 1.38. The number of ether oxygens (including phenoxy) is 1. The third-order valence-corrected chi connectivity index (χ3v) is 8.79. The number of Topliss-reactive ketones (excluding diaryl/α,β-unsaturated/α-hetero) is 2. The Hall–Kier alpha value is -4.44. The van der Waals surface area contributed by atoms with Crippen molar-refractivity contribution >= 4 is 56.4 Å². The van der Waals surface area contributed by atoms with Crippen LogP contribution in [0, 0.1) is 0 Å². The first-order valence-electron chi connectivity index (χ1n) is 14.1. The second-order valence-corrected chi connectivity index (χ2v) is 11.9. The molecule has 0 aliphatic carbocycles. The van der Waals surface area contributed by atoms with Gasteiger partial charge in [-0.25, -0.2) is 4.79 Å². The zero-order valence-electron chi connectivity index (χ0n) is 24.2. The van der Waals surface area contributed by atoms with Crippen LogP contribution in [0.2, 0.25) is 0 Å². The number of aromatic nitrogens is 1. The number of hydrogen-bond donors (Lipinski definition) is 0. The number of benzene rings is 3. The van der Waals surface area contributed by atoms with Gasteiger partial charge in [0.15, 0.2) is 11.5 Å². The van der Waals surface area contributed by atoms with Gasteiger partial charge in [0.05, 0.1) is 34.7 Å². The van der Waals surface area contributed by atoms with E-state index in [1.165, 1.54) is 18.3 Å². The summed E-state index contributed by atoms with van der Waals surface area (Å²) >= 11 is 1.35. The van der Waals surface area contributed by atoms with Crippen LogP contribution >= 0.6 is 11.3 Å². The molecule has 0 amide bonds. The topological polar surface area (TPSA) is 90.2 Å². The Morgan fingerprint density at radius 2 is 1.56 bits per heavy atom. The minimum absolute atomic E-state index is 0.0725. The van der Waals surface area contributed by atoms with Gasteiger partial charge in [0.25, 0.3) is 0 Å². The molecule has 1 fully saturated rings. The fraction of sp³-hybridized carbons (Fsp3) is 0.235. The van der Waals surface area contributed by atoms with Gasteiger partial charge in [0, 0.05) is 47.6 Å². The maximum absolute atomic E-state index is 13.6. The number of thiophene rings is 1. The van der Waals surface area contributed by atoms with Gasteiger partial charge in [-0.15, -0.1) is 11.3 Å². The van der Waals surface area contributed by atoms with Crippen LogP contribution in [0.3, 0.4) is 0 Å². The average molecular weight is 594 g/mol. The van der Waals surface area contributed by atoms with Gasteiger partial charge in [0.2, 0.25) is 5.78 Å². The second-order valence-electron chi connectivity index (χ2n) is 10.9. The fourth-order valence-electron chi connectivity index (χ4n) is 5.63. The summed E-state index contributed by atoms with van der Waals surface area (Å²) in [5.74, 6) is -0.866. The van der Waals surface area contributed by atoms with Crippen LogP contribution in [0.1, 0.15) is 46.4 Å². The van der Waals surface area contributed by atoms with Crippen molar-refractivity contribution in [3.8, 4) is 5.69 Å². The molecule has 1 aliphatic rings. The van der Waals surface area contributed by atoms with E-state index >= 15 is 0 Å². The lowest BCUT2D eigenvalue weighted by atomic mass is 9.90. The van der Waals surface area contributed by atoms with Crippen molar-refractivity contribution < 1.29 is 24.0 Å². The van der Waals surface area contributed by atoms with E-state index in [9.17, 15) is 14.4 Å². The summed E-state index contributed by atoms with van der Waals surface area (Å²) in [6, 6.07) is 24.8. The molecule has 0 saturated carbocycles. The van der Waals surface area contributed by atoms with Crippen LogP contribution in [-0.2, 0) is 14.4 Å². The van der Waals surface area contributed by atoms with Crippen LogP contribution < -0.4 is 0 Å². The summed E-state index contributed by atoms with van der Waals surface area (Å²) in [6.07, 6.45) is 0. The highest BCUT2D eigenvalue weighted by Crippen LogP contribution is 2.33. The number of morpholine rings is 1. The molecule has 6 rings (SSSR count). The highest BCUT2D eigenvalue weighted by Gasteiger charge is 2.36. The maximum atomic E-state index is 13.6. The van der Waals surface area contributed by atoms with Gasteiger partial charge in [-0.3, -0.25) is 14.5 Å². The monoisotopic (exact) mass is 593 g/mol. The standard InChI is InChI=1S/C34H31N3O5S/c1-22(38)42-35-31(30-9-6-20-43-30)32(39)24-12-15-29-27(21-24)26-7-4-5-8-28(26)37(29)25-13-10-23(11-14-25)33(40)34(2,3)36-16-18-41-19-17-36/h4-15,20-21H,16-19H2,1-3H3/b35-31+. The zero-order valence-corrected chi connectivity index (χ0v) is 25.0. The summed E-state index contributed by atoms with van der Waals surface area (Å²) in [4.78, 5) is 46.3. The molecule has 218 valence electrons. The van der Waals surface area contributed by atoms with Gasteiger partial charge in [-0.1, -0.05) is 29.4 Å². The Labute approximate surface area is 253 Å². The number of fused-ring (bicyclic) bond motifs is 3. The molecule has 9 heteroatoms. The minimum Gasteiger partial charge on any atom is -0.379 e. The van der Waals surface area contributed by atoms with Crippen LogP contribution in [0.4, 0.5) is 0 Å². The molecule has 3 aromatic carbocycles. The number of para-hydroxylation sites is 1. The summed E-state index contributed by atoms with van der Waals surface area (Å²) in [7, 11) is 0. The summed E-state index contributed by atoms with van der Waals surface area (Å²) < 4.78 is 7.61. The predicted octanol–water partition coefficient (Wildman–Crippen LogP) is 6.29. The molecule has 0 atom stereocenters. The van der Waals surface area contributed by atoms with Crippen molar-refractivity contribution in [2.45, 2.75) is 26.3 Å². The van der Waals surface area contributed by atoms with Gasteiger partial charge < -0.3 is 14.1 Å². The highest BCUT2D eigenvalue weighted by atomic mass is 32.1. The molecule has 0 N–H and O–H groups in total. The van der Waals surface area contributed by atoms with Crippen molar-refractivity contribution in [3.63, 3.8) is 0 Å². The van der Waals surface area contributed by atoms with E-state index in [0.717, 1.165) is 40.6 Å². The normalized spacial score (nSPS) is 14.7. The number of carbonyl (C=O) groups is 3. The van der Waals surface area contributed by atoms with Gasteiger partial charge in [0.1, 0.15) is 0 Å². The molecule has 3 heterocycles. The van der Waals surface area contributed by atoms with E-state index < -0.39 is 11.5 Å². The van der Waals surface area contributed by atoms with E-state index in [2.05, 4.69) is 14.6 Å². The van der Waals surface area contributed by atoms with Crippen LogP contribution in [0.25, 0.3) is 27.5 Å². The van der Waals surface area contributed by atoms with Crippen molar-refractivity contribution in [3.05, 3.63) is 100 Å². The molecule has 8 nitrogen and oxygen atoms in total. The second kappa shape index (κ2) is 11.7. The lowest BCUT2D eigenvalue weighted by molar-refractivity contribution is -0.140. The van der Waals surface area contributed by atoms with Crippen molar-refractivity contribution in [2.75, 3.05) is 26.3 Å². The summed E-state index contributed by atoms with van der Waals surface area (Å²) in [6.45, 7) is 7.91. The molecule has 0 radical (unpaired) electrons. The molecule has 43 heavy (non-hydrogen) atoms. The number of ketones is 2. The first kappa shape index (κ1) is 28.7. The third kappa shape index (κ3) is 5.43. The fourth-order valence-corrected chi connectivity index (χ4v) is 6.33. The number of oxime groups is 1. The Morgan fingerprint density at radius 1 is 0.860 bits per heavy atom. The zero-order chi connectivity index (χ0) is 30.1. The average Bonchev–Trinajstić information content (AvgIpc) is 3.67. The lowest BCUT2D eigenvalue weighted by Crippen LogP contribution is -2.54. The third-order valence-electron chi connectivity index (χ3n) is 7.91. The smallest absolute Gasteiger partial charge is 0.332 e. The number of hydrogen-bond acceptors (Lipinski definition) is 8. The predicted molar refractivity (Wildman–Crippen MR) is 169 cm³/mol. The van der Waals surface area contributed by atoms with Crippen LogP contribution in [0.5, 0.6) is 0 Å². The highest BCUT2D eigenvalue weighted by molar-refractivity contribution is 7.13. The lowest BCUT2D eigenvalue weighted by Gasteiger charge is -2.39. The van der Waals surface area contributed by atoms with Crippen LogP contribution in [-0.4, -0.2) is 64.6 Å². The molecular formula is C34H31N3O5S. The van der Waals surface area contributed by atoms with Gasteiger partial charge in [-0.05, 0) is 73.8 Å². The SMILES string of the molecule is CC(=O)O/N=C(/C(=O)c1ccc2c(c1)c1ccccc1n2-c1ccc(C(=O)C(C)(C)N2CCOCC2)cc1)c1cccs1. The number of rotatable bonds is 8. The van der Waals surface area contributed by atoms with Crippen molar-refractivity contribution in [1.29, 1.82) is 0 Å². The minimum atomic E-state index is -0.637. The number of carbonyl (C=O) groups excluding carboxylic acids is 3. The Kier molecular flexibility index (Phi) is 7.79. The van der Waals surface area contributed by atoms with Gasteiger partial charge >= 0.3 is 5.97 Å². The maximum Gasteiger partial charge on any atom is 0.332 e. The molecule has 0 unspecified atom stereocenters. The van der Waals surface area contributed by atoms with Crippen molar-refractivity contribution in [2.24, 2.45) is 5.16 Å². The van der Waals surface area contributed by atoms with E-state index in [1.54, 1.807) is 12.1 Å².